The molecule has 0 spiro atoms. The number of nitrogens with zero attached hydrogens (tertiary/aromatic N) is 4. The van der Waals surface area contributed by atoms with Crippen molar-refractivity contribution in [1.29, 1.82) is 0 Å². The van der Waals surface area contributed by atoms with E-state index in [0.717, 1.165) is 38.8 Å². The maximum Gasteiger partial charge on any atom is 0.169 e. The van der Waals surface area contributed by atoms with Crippen LogP contribution in [0.25, 0.3) is 16.7 Å². The molecule has 0 radical (unpaired) electrons. The molecule has 0 atom stereocenters. The molecular weight excluding hydrogens is 372 g/mol. The molecule has 4 rings (SSSR count). The van der Waals surface area contributed by atoms with Crippen molar-refractivity contribution in [3.05, 3.63) is 59.0 Å². The highest BCUT2D eigenvalue weighted by atomic mass is 79.9. The monoisotopic (exact) mass is 386 g/mol. The van der Waals surface area contributed by atoms with Crippen molar-refractivity contribution in [2.45, 2.75) is 24.4 Å². The second-order valence-electron chi connectivity index (χ2n) is 5.26. The molecule has 4 aromatic rings. The zero-order valence-corrected chi connectivity index (χ0v) is 15.0. The van der Waals surface area contributed by atoms with Gasteiger partial charge in [-0.1, -0.05) is 23.9 Å². The van der Waals surface area contributed by atoms with E-state index in [-0.39, 0.29) is 0 Å². The number of rotatable bonds is 4. The first-order valence-corrected chi connectivity index (χ1v) is 9.23. The first kappa shape index (κ1) is 14.8. The van der Waals surface area contributed by atoms with E-state index in [9.17, 15) is 0 Å². The summed E-state index contributed by atoms with van der Waals surface area (Å²) in [6, 6.07) is 12.3. The quantitative estimate of drug-likeness (QED) is 0.474. The van der Waals surface area contributed by atoms with Crippen molar-refractivity contribution in [1.82, 2.24) is 18.9 Å². The second-order valence-corrected chi connectivity index (χ2v) is 7.12. The maximum atomic E-state index is 4.75. The predicted molar refractivity (Wildman–Crippen MR) is 97.9 cm³/mol. The second kappa shape index (κ2) is 6.02. The molecule has 0 unspecified atom stereocenters. The Hall–Kier alpha value is -1.79. The summed E-state index contributed by atoms with van der Waals surface area (Å²) in [5, 5.41) is 1.05. The molecule has 3 heterocycles. The van der Waals surface area contributed by atoms with Gasteiger partial charge in [-0.05, 0) is 47.1 Å². The molecule has 4 nitrogen and oxygen atoms in total. The van der Waals surface area contributed by atoms with Gasteiger partial charge in [-0.15, -0.1) is 0 Å². The van der Waals surface area contributed by atoms with Gasteiger partial charge in [0, 0.05) is 29.2 Å². The Balaban J connectivity index is 1.62. The van der Waals surface area contributed by atoms with Gasteiger partial charge < -0.3 is 8.97 Å². The van der Waals surface area contributed by atoms with Crippen LogP contribution >= 0.6 is 27.7 Å². The Morgan fingerprint density at radius 1 is 1.09 bits per heavy atom. The van der Waals surface area contributed by atoms with E-state index in [2.05, 4.69) is 56.8 Å². The summed E-state index contributed by atoms with van der Waals surface area (Å²) in [6.07, 6.45) is 4.10. The summed E-state index contributed by atoms with van der Waals surface area (Å²) in [6.45, 7) is 3.07. The topological polar surface area (TPSA) is 35.1 Å². The Labute approximate surface area is 146 Å². The number of para-hydroxylation sites is 2. The van der Waals surface area contributed by atoms with Crippen molar-refractivity contribution in [2.75, 3.05) is 0 Å². The zero-order valence-electron chi connectivity index (χ0n) is 12.6. The third-order valence-corrected chi connectivity index (χ3v) is 5.23. The van der Waals surface area contributed by atoms with Crippen LogP contribution in [0.4, 0.5) is 0 Å². The van der Waals surface area contributed by atoms with Gasteiger partial charge in [0.15, 0.2) is 5.16 Å². The Bertz CT molecular complexity index is 989. The zero-order chi connectivity index (χ0) is 15.8. The minimum Gasteiger partial charge on any atom is -0.319 e. The fraction of sp³-hybridized carbons (Fsp3) is 0.176. The van der Waals surface area contributed by atoms with E-state index in [1.807, 2.05) is 28.8 Å². The van der Waals surface area contributed by atoms with Gasteiger partial charge in [0.25, 0.3) is 0 Å². The number of halogens is 1. The summed E-state index contributed by atoms with van der Waals surface area (Å²) < 4.78 is 5.35. The molecule has 0 fully saturated rings. The molecule has 0 aliphatic carbocycles. The largest absolute Gasteiger partial charge is 0.319 e. The van der Waals surface area contributed by atoms with E-state index < -0.39 is 0 Å². The van der Waals surface area contributed by atoms with Gasteiger partial charge in [0.1, 0.15) is 5.65 Å². The number of fused-ring (bicyclic) bond motifs is 2. The highest BCUT2D eigenvalue weighted by molar-refractivity contribution is 9.10. The van der Waals surface area contributed by atoms with Crippen LogP contribution < -0.4 is 0 Å². The van der Waals surface area contributed by atoms with Crippen molar-refractivity contribution >= 4 is 44.4 Å². The van der Waals surface area contributed by atoms with Crippen LogP contribution in [0.15, 0.2) is 58.4 Å². The lowest BCUT2D eigenvalue weighted by molar-refractivity contribution is 0.702. The first-order valence-electron chi connectivity index (χ1n) is 7.46. The third kappa shape index (κ3) is 2.77. The first-order chi connectivity index (χ1) is 11.2. The molecule has 0 N–H and O–H groups in total. The molecule has 3 aromatic heterocycles. The maximum absolute atomic E-state index is 4.75. The normalized spacial score (nSPS) is 11.6. The molecule has 6 heteroatoms. The van der Waals surface area contributed by atoms with Gasteiger partial charge in [-0.2, -0.15) is 0 Å². The van der Waals surface area contributed by atoms with Gasteiger partial charge in [-0.3, -0.25) is 0 Å². The molecule has 116 valence electrons. The van der Waals surface area contributed by atoms with E-state index in [1.54, 1.807) is 11.8 Å². The Kier molecular flexibility index (Phi) is 3.87. The number of aromatic nitrogens is 4. The molecule has 0 saturated carbocycles. The molecule has 0 bridgehead atoms. The summed E-state index contributed by atoms with van der Waals surface area (Å²) in [7, 11) is 0. The number of benzene rings is 1. The van der Waals surface area contributed by atoms with Crippen molar-refractivity contribution < 1.29 is 0 Å². The van der Waals surface area contributed by atoms with Crippen molar-refractivity contribution in [3.8, 4) is 0 Å². The predicted octanol–water partition coefficient (Wildman–Crippen LogP) is 4.76. The third-order valence-electron chi connectivity index (χ3n) is 3.75. The van der Waals surface area contributed by atoms with Crippen LogP contribution in [0, 0.1) is 0 Å². The van der Waals surface area contributed by atoms with Crippen LogP contribution in [-0.2, 0) is 12.3 Å². The van der Waals surface area contributed by atoms with Gasteiger partial charge >= 0.3 is 0 Å². The minimum atomic E-state index is 0.808. The number of aryl methyl sites for hydroxylation is 1. The van der Waals surface area contributed by atoms with Crippen LogP contribution in [-0.4, -0.2) is 18.9 Å². The number of hydrogen-bond acceptors (Lipinski definition) is 3. The highest BCUT2D eigenvalue weighted by Crippen LogP contribution is 2.26. The molecule has 1 aromatic carbocycles. The van der Waals surface area contributed by atoms with Crippen molar-refractivity contribution in [2.24, 2.45) is 0 Å². The molecule has 23 heavy (non-hydrogen) atoms. The van der Waals surface area contributed by atoms with Crippen LogP contribution in [0.3, 0.4) is 0 Å². The molecule has 0 saturated heterocycles. The summed E-state index contributed by atoms with van der Waals surface area (Å²) in [5.74, 6) is 0.808. The number of pyridine rings is 1. The Morgan fingerprint density at radius 3 is 2.83 bits per heavy atom. The van der Waals surface area contributed by atoms with Gasteiger partial charge in [0.2, 0.25) is 0 Å². The average molecular weight is 387 g/mol. The number of thioether (sulfide) groups is 1. The highest BCUT2D eigenvalue weighted by Gasteiger charge is 2.11. The lowest BCUT2D eigenvalue weighted by Gasteiger charge is -2.04. The van der Waals surface area contributed by atoms with E-state index >= 15 is 0 Å². The molecule has 0 aliphatic heterocycles. The summed E-state index contributed by atoms with van der Waals surface area (Å²) in [4.78, 5) is 9.41. The minimum absolute atomic E-state index is 0.808. The average Bonchev–Trinajstić information content (AvgIpc) is 3.12. The lowest BCUT2D eigenvalue weighted by atomic mass is 10.3. The lowest BCUT2D eigenvalue weighted by Crippen LogP contribution is -1.96. The molecule has 0 amide bonds. The smallest absolute Gasteiger partial charge is 0.169 e. The van der Waals surface area contributed by atoms with E-state index in [0.29, 0.717) is 0 Å². The van der Waals surface area contributed by atoms with E-state index in [4.69, 9.17) is 4.98 Å². The fourth-order valence-electron chi connectivity index (χ4n) is 2.69. The number of hydrogen-bond donors (Lipinski definition) is 0. The van der Waals surface area contributed by atoms with Crippen molar-refractivity contribution in [3.63, 3.8) is 0 Å². The number of imidazole rings is 2. The molecule has 0 aliphatic rings. The SMILES string of the molecule is CCn1c(SCc2cn3cc(Br)ccc3n2)nc2ccccc21. The summed E-state index contributed by atoms with van der Waals surface area (Å²) >= 11 is 5.22. The van der Waals surface area contributed by atoms with Gasteiger partial charge in [-0.25, -0.2) is 9.97 Å². The standard InChI is InChI=1S/C17H15BrN4S/c1-2-22-15-6-4-3-5-14(15)20-17(22)23-11-13-10-21-9-12(18)7-8-16(21)19-13/h3-10H,2,11H2,1H3. The van der Waals surface area contributed by atoms with Crippen LogP contribution in [0.5, 0.6) is 0 Å². The van der Waals surface area contributed by atoms with Crippen LogP contribution in [0.1, 0.15) is 12.6 Å². The molecular formula is C17H15BrN4S. The van der Waals surface area contributed by atoms with E-state index in [1.165, 1.54) is 5.52 Å². The fourth-order valence-corrected chi connectivity index (χ4v) is 4.01. The Morgan fingerprint density at radius 2 is 1.96 bits per heavy atom. The van der Waals surface area contributed by atoms with Crippen LogP contribution in [0.2, 0.25) is 0 Å². The summed E-state index contributed by atoms with van der Waals surface area (Å²) in [5.41, 5.74) is 4.27. The van der Waals surface area contributed by atoms with Gasteiger partial charge in [0.05, 0.1) is 16.7 Å².